The highest BCUT2D eigenvalue weighted by Crippen LogP contribution is 2.27. The molecule has 0 saturated heterocycles. The molecule has 6 nitrogen and oxygen atoms in total. The number of methoxy groups -OCH3 is 1. The summed E-state index contributed by atoms with van der Waals surface area (Å²) in [4.78, 5) is 18.6. The van der Waals surface area contributed by atoms with E-state index in [1.165, 1.54) is 12.4 Å². The summed E-state index contributed by atoms with van der Waals surface area (Å²) in [7, 11) is 1.57. The molecule has 0 saturated carbocycles. The number of rotatable bonds is 4. The van der Waals surface area contributed by atoms with Gasteiger partial charge in [-0.25, -0.2) is 14.8 Å². The number of aromatic nitrogens is 2. The maximum atomic E-state index is 10.7. The summed E-state index contributed by atoms with van der Waals surface area (Å²) in [5, 5.41) is 11.8. The van der Waals surface area contributed by atoms with Crippen LogP contribution in [-0.2, 0) is 0 Å². The van der Waals surface area contributed by atoms with Gasteiger partial charge in [-0.15, -0.1) is 0 Å². The zero-order chi connectivity index (χ0) is 13.8. The van der Waals surface area contributed by atoms with Crippen LogP contribution in [0.25, 0.3) is 0 Å². The highest BCUT2D eigenvalue weighted by molar-refractivity contribution is 5.86. The first-order valence-corrected chi connectivity index (χ1v) is 5.57. The zero-order valence-electron chi connectivity index (χ0n) is 10.5. The average Bonchev–Trinajstić information content (AvgIpc) is 2.39. The van der Waals surface area contributed by atoms with Gasteiger partial charge in [-0.3, -0.25) is 0 Å². The normalized spacial score (nSPS) is 10.0. The van der Waals surface area contributed by atoms with Crippen LogP contribution in [0.5, 0.6) is 5.75 Å². The maximum absolute atomic E-state index is 10.7. The highest BCUT2D eigenvalue weighted by atomic mass is 16.5. The predicted octanol–water partition coefficient (Wildman–Crippen LogP) is 2.24. The molecule has 98 valence electrons. The van der Waals surface area contributed by atoms with Gasteiger partial charge in [0.25, 0.3) is 0 Å². The molecule has 0 amide bonds. The van der Waals surface area contributed by atoms with Crippen molar-refractivity contribution in [2.75, 3.05) is 12.4 Å². The summed E-state index contributed by atoms with van der Waals surface area (Å²) < 4.78 is 5.22. The maximum Gasteiger partial charge on any atom is 0.338 e. The number of nitrogens with one attached hydrogen (secondary N) is 1. The van der Waals surface area contributed by atoms with Crippen molar-refractivity contribution in [3.63, 3.8) is 0 Å². The van der Waals surface area contributed by atoms with Crippen LogP contribution < -0.4 is 10.1 Å². The third kappa shape index (κ3) is 2.98. The van der Waals surface area contributed by atoms with Crippen LogP contribution in [0.1, 0.15) is 15.9 Å². The Kier molecular flexibility index (Phi) is 3.61. The minimum atomic E-state index is -1.06. The van der Waals surface area contributed by atoms with Gasteiger partial charge in [-0.05, 0) is 24.6 Å². The Hall–Kier alpha value is -2.63. The van der Waals surface area contributed by atoms with Gasteiger partial charge in [0.05, 0.1) is 18.4 Å². The minimum Gasteiger partial charge on any atom is -0.495 e. The Labute approximate surface area is 110 Å². The van der Waals surface area contributed by atoms with Crippen molar-refractivity contribution in [3.8, 4) is 5.75 Å². The fraction of sp³-hybridized carbons (Fsp3) is 0.154. The number of anilines is 2. The van der Waals surface area contributed by atoms with Crippen molar-refractivity contribution in [1.82, 2.24) is 9.97 Å². The molecule has 0 aliphatic rings. The highest BCUT2D eigenvalue weighted by Gasteiger charge is 2.07. The quantitative estimate of drug-likeness (QED) is 0.875. The molecule has 0 aliphatic heterocycles. The van der Waals surface area contributed by atoms with Gasteiger partial charge in [0.1, 0.15) is 5.75 Å². The van der Waals surface area contributed by atoms with E-state index in [4.69, 9.17) is 9.84 Å². The Morgan fingerprint density at radius 2 is 2.00 bits per heavy atom. The molecule has 1 heterocycles. The lowest BCUT2D eigenvalue weighted by molar-refractivity contribution is 0.0696. The van der Waals surface area contributed by atoms with E-state index in [-0.39, 0.29) is 5.56 Å². The van der Waals surface area contributed by atoms with Crippen LogP contribution in [0.2, 0.25) is 0 Å². The van der Waals surface area contributed by atoms with Gasteiger partial charge < -0.3 is 15.2 Å². The number of aromatic carboxylic acids is 1. The first-order valence-electron chi connectivity index (χ1n) is 5.57. The third-order valence-corrected chi connectivity index (χ3v) is 2.50. The second-order valence-corrected chi connectivity index (χ2v) is 3.93. The van der Waals surface area contributed by atoms with E-state index in [1.807, 2.05) is 25.1 Å². The summed E-state index contributed by atoms with van der Waals surface area (Å²) in [5.41, 5.74) is 1.83. The number of carboxylic acids is 1. The smallest absolute Gasteiger partial charge is 0.338 e. The van der Waals surface area contributed by atoms with Crippen molar-refractivity contribution in [2.45, 2.75) is 6.92 Å². The Balaban J connectivity index is 2.25. The van der Waals surface area contributed by atoms with E-state index in [0.29, 0.717) is 11.7 Å². The fourth-order valence-electron chi connectivity index (χ4n) is 1.54. The van der Waals surface area contributed by atoms with Crippen molar-refractivity contribution in [3.05, 3.63) is 41.7 Å². The van der Waals surface area contributed by atoms with Gasteiger partial charge in [-0.2, -0.15) is 0 Å². The summed E-state index contributed by atoms with van der Waals surface area (Å²) in [6.07, 6.45) is 2.50. The number of hydrogen-bond donors (Lipinski definition) is 2. The van der Waals surface area contributed by atoms with Crippen molar-refractivity contribution >= 4 is 17.6 Å². The van der Waals surface area contributed by atoms with Crippen molar-refractivity contribution in [1.29, 1.82) is 0 Å². The van der Waals surface area contributed by atoms with E-state index >= 15 is 0 Å². The molecule has 19 heavy (non-hydrogen) atoms. The van der Waals surface area contributed by atoms with Crippen LogP contribution >= 0.6 is 0 Å². The number of carboxylic acid groups (broad SMARTS) is 1. The first kappa shape index (κ1) is 12.8. The number of ether oxygens (including phenoxy) is 1. The largest absolute Gasteiger partial charge is 0.495 e. The van der Waals surface area contributed by atoms with E-state index in [9.17, 15) is 4.79 Å². The molecular formula is C13H13N3O3. The minimum absolute atomic E-state index is 0.0433. The first-order chi connectivity index (χ1) is 9.10. The van der Waals surface area contributed by atoms with E-state index < -0.39 is 5.97 Å². The molecular weight excluding hydrogens is 246 g/mol. The molecule has 0 atom stereocenters. The lowest BCUT2D eigenvalue weighted by Crippen LogP contribution is -2.03. The van der Waals surface area contributed by atoms with Crippen LogP contribution in [0.4, 0.5) is 11.6 Å². The molecule has 2 rings (SSSR count). The van der Waals surface area contributed by atoms with Crippen LogP contribution in [-0.4, -0.2) is 28.2 Å². The van der Waals surface area contributed by atoms with E-state index in [0.717, 1.165) is 11.3 Å². The van der Waals surface area contributed by atoms with Gasteiger partial charge in [-0.1, -0.05) is 6.07 Å². The number of nitrogens with zero attached hydrogens (tertiary/aromatic N) is 2. The van der Waals surface area contributed by atoms with Crippen molar-refractivity contribution < 1.29 is 14.6 Å². The van der Waals surface area contributed by atoms with Crippen LogP contribution in [0, 0.1) is 6.92 Å². The monoisotopic (exact) mass is 259 g/mol. The molecule has 0 spiro atoms. The van der Waals surface area contributed by atoms with Gasteiger partial charge in [0.2, 0.25) is 5.95 Å². The lowest BCUT2D eigenvalue weighted by atomic mass is 10.2. The van der Waals surface area contributed by atoms with E-state index in [1.54, 1.807) is 7.11 Å². The molecule has 1 aromatic carbocycles. The predicted molar refractivity (Wildman–Crippen MR) is 70.0 cm³/mol. The number of carbonyl (C=O) groups is 1. The number of benzene rings is 1. The van der Waals surface area contributed by atoms with Crippen LogP contribution in [0.3, 0.4) is 0 Å². The molecule has 2 N–H and O–H groups in total. The molecule has 0 radical (unpaired) electrons. The summed E-state index contributed by atoms with van der Waals surface area (Å²) in [6.45, 7) is 1.96. The van der Waals surface area contributed by atoms with Gasteiger partial charge >= 0.3 is 5.97 Å². The van der Waals surface area contributed by atoms with Crippen molar-refractivity contribution in [2.24, 2.45) is 0 Å². The molecule has 0 bridgehead atoms. The Morgan fingerprint density at radius 1 is 1.32 bits per heavy atom. The average molecular weight is 259 g/mol. The van der Waals surface area contributed by atoms with Gasteiger partial charge in [0.15, 0.2) is 0 Å². The zero-order valence-corrected chi connectivity index (χ0v) is 10.5. The summed E-state index contributed by atoms with van der Waals surface area (Å²) in [5.74, 6) is -0.0786. The molecule has 6 heteroatoms. The second-order valence-electron chi connectivity index (χ2n) is 3.93. The second kappa shape index (κ2) is 5.34. The SMILES string of the molecule is COc1ccc(C)cc1Nc1ncc(C(=O)O)cn1. The fourth-order valence-corrected chi connectivity index (χ4v) is 1.54. The third-order valence-electron chi connectivity index (χ3n) is 2.50. The standard InChI is InChI=1S/C13H13N3O3/c1-8-3-4-11(19-2)10(5-8)16-13-14-6-9(7-15-13)12(17)18/h3-7H,1-2H3,(H,17,18)(H,14,15,16). The van der Waals surface area contributed by atoms with Crippen LogP contribution in [0.15, 0.2) is 30.6 Å². The summed E-state index contributed by atoms with van der Waals surface area (Å²) in [6, 6.07) is 5.66. The molecule has 0 fully saturated rings. The Morgan fingerprint density at radius 3 is 2.58 bits per heavy atom. The molecule has 2 aromatic rings. The van der Waals surface area contributed by atoms with E-state index in [2.05, 4.69) is 15.3 Å². The lowest BCUT2D eigenvalue weighted by Gasteiger charge is -2.10. The van der Waals surface area contributed by atoms with Gasteiger partial charge in [0, 0.05) is 12.4 Å². The number of aryl methyl sites for hydroxylation is 1. The topological polar surface area (TPSA) is 84.3 Å². The molecule has 0 aliphatic carbocycles. The Bertz CT molecular complexity index is 597. The molecule has 1 aromatic heterocycles. The molecule has 0 unspecified atom stereocenters. The number of hydrogen-bond acceptors (Lipinski definition) is 5. The summed E-state index contributed by atoms with van der Waals surface area (Å²) >= 11 is 0.